The standard InChI is InChI=1S/C15H13BrN2O3/c1-9-3-2-6-17-12(9)8-14(19)18-13-7-10(16)4-5-11(13)15(20)21/h2-7H,8H2,1H3,(H,18,19)(H,20,21). The SMILES string of the molecule is Cc1cccnc1CC(=O)Nc1cc(Br)ccc1C(=O)O. The summed E-state index contributed by atoms with van der Waals surface area (Å²) in [5, 5.41) is 11.7. The van der Waals surface area contributed by atoms with Gasteiger partial charge in [0.1, 0.15) is 0 Å². The molecular weight excluding hydrogens is 336 g/mol. The van der Waals surface area contributed by atoms with Gasteiger partial charge < -0.3 is 10.4 Å². The van der Waals surface area contributed by atoms with E-state index in [-0.39, 0.29) is 23.6 Å². The molecule has 2 aromatic rings. The van der Waals surface area contributed by atoms with E-state index >= 15 is 0 Å². The molecule has 0 bridgehead atoms. The van der Waals surface area contributed by atoms with Gasteiger partial charge in [-0.2, -0.15) is 0 Å². The van der Waals surface area contributed by atoms with Crippen molar-refractivity contribution in [3.8, 4) is 0 Å². The van der Waals surface area contributed by atoms with Crippen molar-refractivity contribution in [2.24, 2.45) is 0 Å². The summed E-state index contributed by atoms with van der Waals surface area (Å²) in [5.74, 6) is -1.40. The van der Waals surface area contributed by atoms with E-state index in [2.05, 4.69) is 26.2 Å². The first-order chi connectivity index (χ1) is 9.97. The van der Waals surface area contributed by atoms with Gasteiger partial charge in [0.05, 0.1) is 23.4 Å². The average Bonchev–Trinajstić information content (AvgIpc) is 2.41. The molecule has 1 amide bonds. The number of anilines is 1. The number of aromatic carboxylic acids is 1. The van der Waals surface area contributed by atoms with Crippen LogP contribution in [0.15, 0.2) is 41.0 Å². The molecule has 0 aliphatic carbocycles. The van der Waals surface area contributed by atoms with E-state index in [1.54, 1.807) is 24.4 Å². The number of carbonyl (C=O) groups excluding carboxylic acids is 1. The van der Waals surface area contributed by atoms with Crippen LogP contribution in [0.5, 0.6) is 0 Å². The summed E-state index contributed by atoms with van der Waals surface area (Å²) in [6.45, 7) is 1.87. The van der Waals surface area contributed by atoms with E-state index in [4.69, 9.17) is 5.11 Å². The molecule has 0 unspecified atom stereocenters. The van der Waals surface area contributed by atoms with Gasteiger partial charge in [0.25, 0.3) is 0 Å². The maximum Gasteiger partial charge on any atom is 0.337 e. The van der Waals surface area contributed by atoms with Crippen LogP contribution in [0.2, 0.25) is 0 Å². The van der Waals surface area contributed by atoms with Crippen LogP contribution < -0.4 is 5.32 Å². The Morgan fingerprint density at radius 2 is 2.10 bits per heavy atom. The fraction of sp³-hybridized carbons (Fsp3) is 0.133. The molecule has 0 radical (unpaired) electrons. The lowest BCUT2D eigenvalue weighted by atomic mass is 10.1. The van der Waals surface area contributed by atoms with Crippen LogP contribution in [0.1, 0.15) is 21.6 Å². The predicted octanol–water partition coefficient (Wildman–Crippen LogP) is 3.03. The van der Waals surface area contributed by atoms with Gasteiger partial charge in [0.15, 0.2) is 0 Å². The Morgan fingerprint density at radius 3 is 2.76 bits per heavy atom. The monoisotopic (exact) mass is 348 g/mol. The molecule has 1 aromatic carbocycles. The highest BCUT2D eigenvalue weighted by Crippen LogP contribution is 2.22. The zero-order valence-corrected chi connectivity index (χ0v) is 12.8. The summed E-state index contributed by atoms with van der Waals surface area (Å²) in [6, 6.07) is 8.29. The smallest absolute Gasteiger partial charge is 0.337 e. The molecule has 0 aliphatic heterocycles. The first kappa shape index (κ1) is 15.2. The third-order valence-corrected chi connectivity index (χ3v) is 3.43. The van der Waals surface area contributed by atoms with Gasteiger partial charge in [-0.25, -0.2) is 4.79 Å². The van der Waals surface area contributed by atoms with E-state index in [1.807, 2.05) is 13.0 Å². The highest BCUT2D eigenvalue weighted by atomic mass is 79.9. The van der Waals surface area contributed by atoms with Crippen molar-refractivity contribution in [3.63, 3.8) is 0 Å². The fourth-order valence-corrected chi connectivity index (χ4v) is 2.22. The number of aromatic nitrogens is 1. The lowest BCUT2D eigenvalue weighted by Crippen LogP contribution is -2.18. The van der Waals surface area contributed by atoms with Crippen molar-refractivity contribution in [1.29, 1.82) is 0 Å². The van der Waals surface area contributed by atoms with Crippen molar-refractivity contribution < 1.29 is 14.7 Å². The van der Waals surface area contributed by atoms with Gasteiger partial charge in [-0.15, -0.1) is 0 Å². The molecule has 6 heteroatoms. The molecule has 0 saturated carbocycles. The summed E-state index contributed by atoms with van der Waals surface area (Å²) in [7, 11) is 0. The number of amides is 1. The maximum atomic E-state index is 12.1. The van der Waals surface area contributed by atoms with Gasteiger partial charge in [-0.1, -0.05) is 22.0 Å². The minimum absolute atomic E-state index is 0.0456. The zero-order valence-electron chi connectivity index (χ0n) is 11.3. The van der Waals surface area contributed by atoms with E-state index in [1.165, 1.54) is 6.07 Å². The number of carboxylic acids is 1. The van der Waals surface area contributed by atoms with E-state index in [9.17, 15) is 9.59 Å². The minimum atomic E-state index is -1.09. The molecule has 0 atom stereocenters. The number of benzene rings is 1. The molecule has 0 spiro atoms. The quantitative estimate of drug-likeness (QED) is 0.889. The lowest BCUT2D eigenvalue weighted by Gasteiger charge is -2.09. The Labute approximate surface area is 130 Å². The third kappa shape index (κ3) is 3.88. The Bertz CT molecular complexity index is 701. The molecule has 21 heavy (non-hydrogen) atoms. The van der Waals surface area contributed by atoms with Gasteiger partial charge >= 0.3 is 5.97 Å². The van der Waals surface area contributed by atoms with Crippen LogP contribution in [0, 0.1) is 6.92 Å². The van der Waals surface area contributed by atoms with Crippen LogP contribution in [-0.4, -0.2) is 22.0 Å². The zero-order chi connectivity index (χ0) is 15.4. The number of nitrogens with one attached hydrogen (secondary N) is 1. The Hall–Kier alpha value is -2.21. The van der Waals surface area contributed by atoms with Crippen molar-refractivity contribution >= 4 is 33.5 Å². The Balaban J connectivity index is 2.18. The summed E-state index contributed by atoms with van der Waals surface area (Å²) in [4.78, 5) is 27.4. The largest absolute Gasteiger partial charge is 0.478 e. The average molecular weight is 349 g/mol. The minimum Gasteiger partial charge on any atom is -0.478 e. The van der Waals surface area contributed by atoms with E-state index in [0.29, 0.717) is 10.2 Å². The Morgan fingerprint density at radius 1 is 1.33 bits per heavy atom. The first-order valence-corrected chi connectivity index (χ1v) is 7.00. The molecule has 2 N–H and O–H groups in total. The Kier molecular flexibility index (Phi) is 4.70. The predicted molar refractivity (Wildman–Crippen MR) is 82.4 cm³/mol. The second kappa shape index (κ2) is 6.49. The second-order valence-corrected chi connectivity index (χ2v) is 5.40. The number of hydrogen-bond donors (Lipinski definition) is 2. The summed E-state index contributed by atoms with van der Waals surface area (Å²) in [6.07, 6.45) is 1.72. The van der Waals surface area contributed by atoms with Crippen molar-refractivity contribution in [3.05, 3.63) is 57.8 Å². The number of pyridine rings is 1. The molecular formula is C15H13BrN2O3. The van der Waals surface area contributed by atoms with Crippen LogP contribution in [-0.2, 0) is 11.2 Å². The second-order valence-electron chi connectivity index (χ2n) is 4.49. The van der Waals surface area contributed by atoms with E-state index < -0.39 is 5.97 Å². The molecule has 0 aliphatic rings. The highest BCUT2D eigenvalue weighted by Gasteiger charge is 2.14. The van der Waals surface area contributed by atoms with Crippen molar-refractivity contribution in [2.45, 2.75) is 13.3 Å². The molecule has 5 nitrogen and oxygen atoms in total. The number of halogens is 1. The third-order valence-electron chi connectivity index (χ3n) is 2.93. The number of carbonyl (C=O) groups is 2. The van der Waals surface area contributed by atoms with E-state index in [0.717, 1.165) is 5.56 Å². The fourth-order valence-electron chi connectivity index (χ4n) is 1.86. The van der Waals surface area contributed by atoms with Gasteiger partial charge in [-0.3, -0.25) is 9.78 Å². The molecule has 108 valence electrons. The van der Waals surface area contributed by atoms with Crippen LogP contribution >= 0.6 is 15.9 Å². The number of rotatable bonds is 4. The highest BCUT2D eigenvalue weighted by molar-refractivity contribution is 9.10. The van der Waals surface area contributed by atoms with Crippen LogP contribution in [0.4, 0.5) is 5.69 Å². The number of aryl methyl sites for hydroxylation is 1. The van der Waals surface area contributed by atoms with Gasteiger partial charge in [0.2, 0.25) is 5.91 Å². The molecule has 0 fully saturated rings. The summed E-state index contributed by atoms with van der Waals surface area (Å²) < 4.78 is 0.691. The van der Waals surface area contributed by atoms with Gasteiger partial charge in [0, 0.05) is 10.7 Å². The molecule has 2 rings (SSSR count). The number of hydrogen-bond acceptors (Lipinski definition) is 3. The van der Waals surface area contributed by atoms with Crippen LogP contribution in [0.3, 0.4) is 0 Å². The number of nitrogens with zero attached hydrogens (tertiary/aromatic N) is 1. The van der Waals surface area contributed by atoms with Crippen molar-refractivity contribution in [2.75, 3.05) is 5.32 Å². The van der Waals surface area contributed by atoms with Gasteiger partial charge in [-0.05, 0) is 36.8 Å². The normalized spacial score (nSPS) is 10.2. The lowest BCUT2D eigenvalue weighted by molar-refractivity contribution is -0.115. The number of carboxylic acid groups (broad SMARTS) is 1. The topological polar surface area (TPSA) is 79.3 Å². The van der Waals surface area contributed by atoms with Crippen LogP contribution in [0.25, 0.3) is 0 Å². The molecule has 1 heterocycles. The molecule has 1 aromatic heterocycles. The molecule has 0 saturated heterocycles. The van der Waals surface area contributed by atoms with Crippen molar-refractivity contribution in [1.82, 2.24) is 4.98 Å². The summed E-state index contributed by atoms with van der Waals surface area (Å²) in [5.41, 5.74) is 1.89. The maximum absolute atomic E-state index is 12.1. The summed E-state index contributed by atoms with van der Waals surface area (Å²) >= 11 is 3.26. The first-order valence-electron chi connectivity index (χ1n) is 6.20.